The molecule has 0 aliphatic heterocycles. The van der Waals surface area contributed by atoms with Crippen molar-refractivity contribution in [2.24, 2.45) is 0 Å². The standard InChI is InChI=1S/C19H18FN3O2/c1-12(13-6-8-15(20)9-7-13)21-19(24)18-11-17(22-23-18)14-4-3-5-16(10-14)25-2/h3-12H,1-2H3,(H,21,24)(H,22,23)/t12-/m1/s1. The van der Waals surface area contributed by atoms with Crippen molar-refractivity contribution in [3.63, 3.8) is 0 Å². The quantitative estimate of drug-likeness (QED) is 0.744. The monoisotopic (exact) mass is 339 g/mol. The maximum absolute atomic E-state index is 13.0. The van der Waals surface area contributed by atoms with E-state index >= 15 is 0 Å². The number of halogens is 1. The van der Waals surface area contributed by atoms with Gasteiger partial charge in [0.2, 0.25) is 0 Å². The number of nitrogens with zero attached hydrogens (tertiary/aromatic N) is 1. The zero-order valence-corrected chi connectivity index (χ0v) is 13.9. The third-order valence-corrected chi connectivity index (χ3v) is 3.91. The SMILES string of the molecule is COc1cccc(-c2cc(C(=O)N[C@H](C)c3ccc(F)cc3)[nH]n2)c1. The molecule has 1 atom stereocenters. The van der Waals surface area contributed by atoms with E-state index in [1.807, 2.05) is 31.2 Å². The third kappa shape index (κ3) is 3.85. The fourth-order valence-corrected chi connectivity index (χ4v) is 2.48. The van der Waals surface area contributed by atoms with Gasteiger partial charge in [-0.3, -0.25) is 9.89 Å². The summed E-state index contributed by atoms with van der Waals surface area (Å²) in [4.78, 5) is 12.4. The Kier molecular flexibility index (Phi) is 4.79. The van der Waals surface area contributed by atoms with Crippen LogP contribution in [0.2, 0.25) is 0 Å². The molecule has 0 aliphatic rings. The van der Waals surface area contributed by atoms with E-state index in [1.165, 1.54) is 12.1 Å². The zero-order chi connectivity index (χ0) is 17.8. The summed E-state index contributed by atoms with van der Waals surface area (Å²) in [5, 5.41) is 9.79. The molecule has 25 heavy (non-hydrogen) atoms. The van der Waals surface area contributed by atoms with Gasteiger partial charge in [-0.15, -0.1) is 0 Å². The van der Waals surface area contributed by atoms with E-state index < -0.39 is 0 Å². The molecule has 0 spiro atoms. The molecule has 1 amide bonds. The van der Waals surface area contributed by atoms with Gasteiger partial charge in [-0.25, -0.2) is 4.39 Å². The summed E-state index contributed by atoms with van der Waals surface area (Å²) < 4.78 is 18.2. The van der Waals surface area contributed by atoms with Gasteiger partial charge in [-0.1, -0.05) is 24.3 Å². The smallest absolute Gasteiger partial charge is 0.269 e. The van der Waals surface area contributed by atoms with Crippen LogP contribution in [0.25, 0.3) is 11.3 Å². The molecule has 5 nitrogen and oxygen atoms in total. The minimum absolute atomic E-state index is 0.253. The molecule has 0 aliphatic carbocycles. The van der Waals surface area contributed by atoms with Gasteiger partial charge in [0.25, 0.3) is 5.91 Å². The average Bonchev–Trinajstić information content (AvgIpc) is 3.12. The molecule has 6 heteroatoms. The molecule has 0 bridgehead atoms. The number of rotatable bonds is 5. The lowest BCUT2D eigenvalue weighted by Gasteiger charge is -2.13. The highest BCUT2D eigenvalue weighted by atomic mass is 19.1. The van der Waals surface area contributed by atoms with E-state index in [4.69, 9.17) is 4.74 Å². The first-order chi connectivity index (χ1) is 12.1. The van der Waals surface area contributed by atoms with Crippen molar-refractivity contribution in [3.05, 3.63) is 71.7 Å². The first-order valence-electron chi connectivity index (χ1n) is 7.83. The Morgan fingerprint density at radius 2 is 1.96 bits per heavy atom. The van der Waals surface area contributed by atoms with Gasteiger partial charge in [0, 0.05) is 5.56 Å². The number of benzene rings is 2. The van der Waals surface area contributed by atoms with Crippen LogP contribution in [0.5, 0.6) is 5.75 Å². The van der Waals surface area contributed by atoms with Crippen LogP contribution in [0.15, 0.2) is 54.6 Å². The number of aromatic nitrogens is 2. The predicted molar refractivity (Wildman–Crippen MR) is 92.9 cm³/mol. The maximum Gasteiger partial charge on any atom is 0.269 e. The van der Waals surface area contributed by atoms with Crippen LogP contribution < -0.4 is 10.1 Å². The van der Waals surface area contributed by atoms with Crippen LogP contribution in [-0.4, -0.2) is 23.2 Å². The molecule has 0 unspecified atom stereocenters. The van der Waals surface area contributed by atoms with Crippen LogP contribution >= 0.6 is 0 Å². The van der Waals surface area contributed by atoms with Crippen molar-refractivity contribution >= 4 is 5.91 Å². The van der Waals surface area contributed by atoms with Crippen molar-refractivity contribution in [3.8, 4) is 17.0 Å². The molecule has 3 rings (SSSR count). The highest BCUT2D eigenvalue weighted by Gasteiger charge is 2.15. The molecular weight excluding hydrogens is 321 g/mol. The van der Waals surface area contributed by atoms with Gasteiger partial charge in [0.05, 0.1) is 18.8 Å². The lowest BCUT2D eigenvalue weighted by atomic mass is 10.1. The number of hydrogen-bond donors (Lipinski definition) is 2. The van der Waals surface area contributed by atoms with Crippen molar-refractivity contribution in [1.29, 1.82) is 0 Å². The van der Waals surface area contributed by atoms with Crippen LogP contribution in [-0.2, 0) is 0 Å². The maximum atomic E-state index is 13.0. The number of H-pyrrole nitrogens is 1. The minimum Gasteiger partial charge on any atom is -0.497 e. The van der Waals surface area contributed by atoms with E-state index in [-0.39, 0.29) is 17.8 Å². The van der Waals surface area contributed by atoms with Gasteiger partial charge < -0.3 is 10.1 Å². The zero-order valence-electron chi connectivity index (χ0n) is 13.9. The second kappa shape index (κ2) is 7.17. The van der Waals surface area contributed by atoms with Gasteiger partial charge in [0.1, 0.15) is 17.3 Å². The van der Waals surface area contributed by atoms with Gasteiger partial charge in [-0.2, -0.15) is 5.10 Å². The number of nitrogens with one attached hydrogen (secondary N) is 2. The second-order valence-corrected chi connectivity index (χ2v) is 5.65. The summed E-state index contributed by atoms with van der Waals surface area (Å²) in [6.07, 6.45) is 0. The Labute approximate surface area is 144 Å². The van der Waals surface area contributed by atoms with E-state index in [2.05, 4.69) is 15.5 Å². The number of carbonyl (C=O) groups is 1. The predicted octanol–water partition coefficient (Wildman–Crippen LogP) is 3.72. The highest BCUT2D eigenvalue weighted by Crippen LogP contribution is 2.23. The average molecular weight is 339 g/mol. The molecule has 0 saturated heterocycles. The molecule has 0 fully saturated rings. The first kappa shape index (κ1) is 16.7. The second-order valence-electron chi connectivity index (χ2n) is 5.65. The van der Waals surface area contributed by atoms with Gasteiger partial charge >= 0.3 is 0 Å². The van der Waals surface area contributed by atoms with Gasteiger partial charge in [-0.05, 0) is 42.8 Å². The van der Waals surface area contributed by atoms with E-state index in [0.29, 0.717) is 11.4 Å². The molecule has 3 aromatic rings. The number of methoxy groups -OCH3 is 1. The summed E-state index contributed by atoms with van der Waals surface area (Å²) in [6, 6.07) is 14.9. The van der Waals surface area contributed by atoms with Gasteiger partial charge in [0.15, 0.2) is 0 Å². The Balaban J connectivity index is 1.73. The molecule has 1 aromatic heterocycles. The number of amides is 1. The molecule has 2 N–H and O–H groups in total. The molecule has 0 radical (unpaired) electrons. The summed E-state index contributed by atoms with van der Waals surface area (Å²) in [5.41, 5.74) is 2.67. The number of aromatic amines is 1. The number of carbonyl (C=O) groups excluding carboxylic acids is 1. The van der Waals surface area contributed by atoms with E-state index in [1.54, 1.807) is 25.3 Å². The van der Waals surface area contributed by atoms with Crippen molar-refractivity contribution in [2.45, 2.75) is 13.0 Å². The summed E-state index contributed by atoms with van der Waals surface area (Å²) in [7, 11) is 1.60. The fourth-order valence-electron chi connectivity index (χ4n) is 2.48. The topological polar surface area (TPSA) is 67.0 Å². The van der Waals surface area contributed by atoms with Crippen LogP contribution in [0.3, 0.4) is 0 Å². The molecule has 128 valence electrons. The molecule has 2 aromatic carbocycles. The lowest BCUT2D eigenvalue weighted by Crippen LogP contribution is -2.26. The summed E-state index contributed by atoms with van der Waals surface area (Å²) >= 11 is 0. The highest BCUT2D eigenvalue weighted by molar-refractivity contribution is 5.93. The summed E-state index contributed by atoms with van der Waals surface area (Å²) in [5.74, 6) is 0.133. The van der Waals surface area contributed by atoms with Crippen molar-refractivity contribution < 1.29 is 13.9 Å². The normalized spacial score (nSPS) is 11.8. The number of hydrogen-bond acceptors (Lipinski definition) is 3. The third-order valence-electron chi connectivity index (χ3n) is 3.91. The Morgan fingerprint density at radius 1 is 1.20 bits per heavy atom. The van der Waals surface area contributed by atoms with Crippen LogP contribution in [0.1, 0.15) is 29.0 Å². The molecular formula is C19H18FN3O2. The van der Waals surface area contributed by atoms with Crippen molar-refractivity contribution in [1.82, 2.24) is 15.5 Å². The van der Waals surface area contributed by atoms with E-state index in [9.17, 15) is 9.18 Å². The minimum atomic E-state index is -0.307. The Morgan fingerprint density at radius 3 is 2.68 bits per heavy atom. The lowest BCUT2D eigenvalue weighted by molar-refractivity contribution is 0.0935. The van der Waals surface area contributed by atoms with E-state index in [0.717, 1.165) is 16.9 Å². The molecule has 1 heterocycles. The Bertz CT molecular complexity index is 874. The fraction of sp³-hybridized carbons (Fsp3) is 0.158. The number of ether oxygens (including phenoxy) is 1. The first-order valence-corrected chi connectivity index (χ1v) is 7.83. The van der Waals surface area contributed by atoms with Crippen LogP contribution in [0, 0.1) is 5.82 Å². The van der Waals surface area contributed by atoms with Crippen molar-refractivity contribution in [2.75, 3.05) is 7.11 Å². The molecule has 0 saturated carbocycles. The Hall–Kier alpha value is -3.15. The summed E-state index contributed by atoms with van der Waals surface area (Å²) in [6.45, 7) is 1.84. The largest absolute Gasteiger partial charge is 0.497 e. The van der Waals surface area contributed by atoms with Crippen LogP contribution in [0.4, 0.5) is 4.39 Å².